The number of nitrogens with zero attached hydrogens (tertiary/aromatic N) is 3. The van der Waals surface area contributed by atoms with Crippen molar-refractivity contribution in [2.75, 3.05) is 18.4 Å². The number of rotatable bonds is 3. The van der Waals surface area contributed by atoms with Gasteiger partial charge in [0.2, 0.25) is 5.91 Å². The normalized spacial score (nSPS) is 21.9. The van der Waals surface area contributed by atoms with Crippen molar-refractivity contribution in [2.45, 2.75) is 6.92 Å². The van der Waals surface area contributed by atoms with Crippen molar-refractivity contribution >= 4 is 11.6 Å². The van der Waals surface area contributed by atoms with Crippen LogP contribution in [0.15, 0.2) is 36.9 Å². The Bertz CT molecular complexity index is 595. The van der Waals surface area contributed by atoms with Gasteiger partial charge in [-0.15, -0.1) is 10.2 Å². The van der Waals surface area contributed by atoms with Crippen LogP contribution in [0.4, 0.5) is 5.69 Å². The average molecular weight is 271 g/mol. The summed E-state index contributed by atoms with van der Waals surface area (Å²) in [6.45, 7) is 3.74. The van der Waals surface area contributed by atoms with Crippen molar-refractivity contribution in [1.82, 2.24) is 20.1 Å². The molecule has 104 valence electrons. The smallest absolute Gasteiger partial charge is 0.229 e. The molecule has 3 rings (SSSR count). The van der Waals surface area contributed by atoms with Gasteiger partial charge < -0.3 is 10.6 Å². The third-order valence-corrected chi connectivity index (χ3v) is 3.68. The highest BCUT2D eigenvalue weighted by molar-refractivity contribution is 5.93. The molecule has 1 aliphatic rings. The minimum atomic E-state index is 0.0357. The van der Waals surface area contributed by atoms with Crippen molar-refractivity contribution in [1.29, 1.82) is 0 Å². The van der Waals surface area contributed by atoms with E-state index in [1.54, 1.807) is 17.2 Å². The lowest BCUT2D eigenvalue weighted by atomic mass is 9.97. The predicted octanol–water partition coefficient (Wildman–Crippen LogP) is 1.06. The number of nitrogens with one attached hydrogen (secondary N) is 2. The fourth-order valence-corrected chi connectivity index (χ4v) is 2.47. The molecule has 0 radical (unpaired) electrons. The van der Waals surface area contributed by atoms with E-state index in [4.69, 9.17) is 0 Å². The van der Waals surface area contributed by atoms with Gasteiger partial charge in [0.1, 0.15) is 12.7 Å². The van der Waals surface area contributed by atoms with Gasteiger partial charge in [0.25, 0.3) is 0 Å². The van der Waals surface area contributed by atoms with Crippen molar-refractivity contribution in [2.24, 2.45) is 11.8 Å². The van der Waals surface area contributed by atoms with Crippen LogP contribution < -0.4 is 10.6 Å². The molecule has 1 fully saturated rings. The van der Waals surface area contributed by atoms with E-state index in [0.29, 0.717) is 5.92 Å². The van der Waals surface area contributed by atoms with Gasteiger partial charge >= 0.3 is 0 Å². The van der Waals surface area contributed by atoms with Crippen LogP contribution >= 0.6 is 0 Å². The van der Waals surface area contributed by atoms with Crippen LogP contribution in [-0.2, 0) is 4.79 Å². The van der Waals surface area contributed by atoms with Crippen molar-refractivity contribution < 1.29 is 4.79 Å². The van der Waals surface area contributed by atoms with E-state index < -0.39 is 0 Å². The van der Waals surface area contributed by atoms with E-state index in [-0.39, 0.29) is 11.8 Å². The van der Waals surface area contributed by atoms with Gasteiger partial charge in [0.15, 0.2) is 0 Å². The monoisotopic (exact) mass is 271 g/mol. The molecule has 0 saturated carbocycles. The van der Waals surface area contributed by atoms with Gasteiger partial charge in [-0.05, 0) is 30.7 Å². The molecule has 2 atom stereocenters. The maximum Gasteiger partial charge on any atom is 0.229 e. The summed E-state index contributed by atoms with van der Waals surface area (Å²) in [4.78, 5) is 12.2. The molecule has 6 heteroatoms. The van der Waals surface area contributed by atoms with Crippen LogP contribution in [0.2, 0.25) is 0 Å². The summed E-state index contributed by atoms with van der Waals surface area (Å²) in [7, 11) is 0. The lowest BCUT2D eigenvalue weighted by Crippen LogP contribution is -2.27. The number of hydrogen-bond acceptors (Lipinski definition) is 4. The molecule has 0 bridgehead atoms. The summed E-state index contributed by atoms with van der Waals surface area (Å²) in [5.74, 6) is 0.480. The van der Waals surface area contributed by atoms with E-state index >= 15 is 0 Å². The van der Waals surface area contributed by atoms with Crippen LogP contribution in [0.3, 0.4) is 0 Å². The molecule has 1 aromatic heterocycles. The molecule has 1 saturated heterocycles. The highest BCUT2D eigenvalue weighted by Crippen LogP contribution is 2.20. The Hall–Kier alpha value is -2.21. The van der Waals surface area contributed by atoms with E-state index in [1.807, 2.05) is 24.3 Å². The zero-order chi connectivity index (χ0) is 13.9. The zero-order valence-corrected chi connectivity index (χ0v) is 11.3. The highest BCUT2D eigenvalue weighted by Gasteiger charge is 2.29. The Morgan fingerprint density at radius 3 is 2.85 bits per heavy atom. The second kappa shape index (κ2) is 5.42. The number of hydrogen-bond donors (Lipinski definition) is 2. The SMILES string of the molecule is C[C@@H]1CNC[C@H]1C(=O)Nc1cccc(-n2cnnc2)c1. The van der Waals surface area contributed by atoms with E-state index in [0.717, 1.165) is 24.5 Å². The third kappa shape index (κ3) is 2.55. The van der Waals surface area contributed by atoms with Gasteiger partial charge in [-0.1, -0.05) is 13.0 Å². The first-order valence-corrected chi connectivity index (χ1v) is 6.70. The third-order valence-electron chi connectivity index (χ3n) is 3.68. The largest absolute Gasteiger partial charge is 0.326 e. The topological polar surface area (TPSA) is 71.8 Å². The van der Waals surface area contributed by atoms with Gasteiger partial charge in [-0.3, -0.25) is 9.36 Å². The fourth-order valence-electron chi connectivity index (χ4n) is 2.47. The number of anilines is 1. The Kier molecular flexibility index (Phi) is 3.47. The quantitative estimate of drug-likeness (QED) is 0.875. The van der Waals surface area contributed by atoms with Crippen molar-refractivity contribution in [3.63, 3.8) is 0 Å². The summed E-state index contributed by atoms with van der Waals surface area (Å²) in [6, 6.07) is 7.65. The summed E-state index contributed by atoms with van der Waals surface area (Å²) >= 11 is 0. The van der Waals surface area contributed by atoms with Crippen LogP contribution in [0.1, 0.15) is 6.92 Å². The molecule has 1 aromatic carbocycles. The summed E-state index contributed by atoms with van der Waals surface area (Å²) < 4.78 is 1.80. The Balaban J connectivity index is 1.74. The number of carbonyl (C=O) groups excluding carboxylic acids is 1. The molecule has 2 N–H and O–H groups in total. The molecule has 0 aliphatic carbocycles. The Morgan fingerprint density at radius 2 is 2.15 bits per heavy atom. The summed E-state index contributed by atoms with van der Waals surface area (Å²) in [6.07, 6.45) is 3.26. The van der Waals surface area contributed by atoms with Crippen LogP contribution in [0.25, 0.3) is 5.69 Å². The first kappa shape index (κ1) is 12.8. The van der Waals surface area contributed by atoms with Gasteiger partial charge in [-0.25, -0.2) is 0 Å². The molecule has 0 spiro atoms. The average Bonchev–Trinajstić information content (AvgIpc) is 3.09. The molecular formula is C14H17N5O. The minimum absolute atomic E-state index is 0.0357. The summed E-state index contributed by atoms with van der Waals surface area (Å²) in [5, 5.41) is 13.8. The first-order chi connectivity index (χ1) is 9.74. The standard InChI is InChI=1S/C14H17N5O/c1-10-6-15-7-13(10)14(20)18-11-3-2-4-12(5-11)19-8-16-17-9-19/h2-5,8-10,13,15H,6-7H2,1H3,(H,18,20)/t10-,13-/m1/s1. The van der Waals surface area contributed by atoms with Gasteiger partial charge in [-0.2, -0.15) is 0 Å². The lowest BCUT2D eigenvalue weighted by Gasteiger charge is -2.14. The maximum atomic E-state index is 12.2. The minimum Gasteiger partial charge on any atom is -0.326 e. The second-order valence-electron chi connectivity index (χ2n) is 5.15. The molecule has 0 unspecified atom stereocenters. The molecule has 6 nitrogen and oxygen atoms in total. The molecule has 1 amide bonds. The van der Waals surface area contributed by atoms with Crippen LogP contribution in [0.5, 0.6) is 0 Å². The predicted molar refractivity (Wildman–Crippen MR) is 75.5 cm³/mol. The maximum absolute atomic E-state index is 12.2. The highest BCUT2D eigenvalue weighted by atomic mass is 16.1. The number of carbonyl (C=O) groups is 1. The molecule has 20 heavy (non-hydrogen) atoms. The van der Waals surface area contributed by atoms with Crippen molar-refractivity contribution in [3.05, 3.63) is 36.9 Å². The van der Waals surface area contributed by atoms with E-state index in [1.165, 1.54) is 0 Å². The van der Waals surface area contributed by atoms with Gasteiger partial charge in [0.05, 0.1) is 11.6 Å². The van der Waals surface area contributed by atoms with Crippen LogP contribution in [-0.4, -0.2) is 33.8 Å². The summed E-state index contributed by atoms with van der Waals surface area (Å²) in [5.41, 5.74) is 1.71. The number of aromatic nitrogens is 3. The van der Waals surface area contributed by atoms with Crippen molar-refractivity contribution in [3.8, 4) is 5.69 Å². The zero-order valence-electron chi connectivity index (χ0n) is 11.3. The Morgan fingerprint density at radius 1 is 1.35 bits per heavy atom. The molecule has 2 aromatic rings. The molecule has 1 aliphatic heterocycles. The molecule has 2 heterocycles. The second-order valence-corrected chi connectivity index (χ2v) is 5.15. The number of amides is 1. The van der Waals surface area contributed by atoms with E-state index in [2.05, 4.69) is 27.8 Å². The lowest BCUT2D eigenvalue weighted by molar-refractivity contribution is -0.120. The number of benzene rings is 1. The Labute approximate surface area is 117 Å². The van der Waals surface area contributed by atoms with E-state index in [9.17, 15) is 4.79 Å². The first-order valence-electron chi connectivity index (χ1n) is 6.70. The fraction of sp³-hybridized carbons (Fsp3) is 0.357. The van der Waals surface area contributed by atoms with Crippen LogP contribution in [0, 0.1) is 11.8 Å². The molecular weight excluding hydrogens is 254 g/mol. The van der Waals surface area contributed by atoms with Gasteiger partial charge in [0, 0.05) is 12.2 Å².